The zero-order chi connectivity index (χ0) is 13.0. The highest BCUT2D eigenvalue weighted by molar-refractivity contribution is 5.34. The Morgan fingerprint density at radius 2 is 2.28 bits per heavy atom. The molecule has 2 aromatic rings. The Hall–Kier alpha value is -2.12. The summed E-state index contributed by atoms with van der Waals surface area (Å²) in [6, 6.07) is 12.0. The Morgan fingerprint density at radius 3 is 2.94 bits per heavy atom. The Kier molecular flexibility index (Phi) is 3.75. The summed E-state index contributed by atoms with van der Waals surface area (Å²) in [5, 5.41) is 16.4. The number of hydrogen-bond acceptors (Lipinski definition) is 3. The molecule has 0 saturated heterocycles. The largest absolute Gasteiger partial charge is 0.305 e. The van der Waals surface area contributed by atoms with E-state index in [2.05, 4.69) is 23.4 Å². The zero-order valence-electron chi connectivity index (χ0n) is 10.6. The van der Waals surface area contributed by atoms with Gasteiger partial charge in [0.15, 0.2) is 0 Å². The molecule has 1 heterocycles. The van der Waals surface area contributed by atoms with Crippen molar-refractivity contribution < 1.29 is 0 Å². The smallest absolute Gasteiger partial charge is 0.0991 e. The van der Waals surface area contributed by atoms with Crippen molar-refractivity contribution in [3.05, 3.63) is 53.3 Å². The molecule has 0 bridgehead atoms. The minimum Gasteiger partial charge on any atom is -0.305 e. The van der Waals surface area contributed by atoms with Crippen LogP contribution in [0.1, 0.15) is 29.8 Å². The lowest BCUT2D eigenvalue weighted by molar-refractivity contribution is 0.548. The van der Waals surface area contributed by atoms with E-state index in [-0.39, 0.29) is 6.04 Å². The predicted molar refractivity (Wildman–Crippen MR) is 69.6 cm³/mol. The van der Waals surface area contributed by atoms with Gasteiger partial charge in [-0.3, -0.25) is 4.68 Å². The molecule has 0 fully saturated rings. The van der Waals surface area contributed by atoms with Crippen LogP contribution in [0.4, 0.5) is 0 Å². The number of nitriles is 1. The fourth-order valence-electron chi connectivity index (χ4n) is 1.83. The first kappa shape index (κ1) is 12.3. The highest BCUT2D eigenvalue weighted by atomic mass is 15.3. The van der Waals surface area contributed by atoms with Crippen molar-refractivity contribution in [3.8, 4) is 6.07 Å². The Morgan fingerprint density at radius 1 is 1.44 bits per heavy atom. The minimum atomic E-state index is 0.202. The van der Waals surface area contributed by atoms with Crippen LogP contribution in [0.2, 0.25) is 0 Å². The highest BCUT2D eigenvalue weighted by Crippen LogP contribution is 2.14. The summed E-state index contributed by atoms with van der Waals surface area (Å²) in [7, 11) is 1.93. The molecule has 18 heavy (non-hydrogen) atoms. The van der Waals surface area contributed by atoms with Gasteiger partial charge < -0.3 is 5.32 Å². The second-order valence-electron chi connectivity index (χ2n) is 4.29. The van der Waals surface area contributed by atoms with Gasteiger partial charge in [0.2, 0.25) is 0 Å². The summed E-state index contributed by atoms with van der Waals surface area (Å²) >= 11 is 0. The fraction of sp³-hybridized carbons (Fsp3) is 0.286. The van der Waals surface area contributed by atoms with E-state index < -0.39 is 0 Å². The monoisotopic (exact) mass is 240 g/mol. The second-order valence-corrected chi connectivity index (χ2v) is 4.29. The van der Waals surface area contributed by atoms with E-state index in [1.807, 2.05) is 42.1 Å². The molecule has 4 nitrogen and oxygen atoms in total. The van der Waals surface area contributed by atoms with Crippen molar-refractivity contribution in [2.75, 3.05) is 0 Å². The molecule has 1 aromatic heterocycles. The Labute approximate surface area is 107 Å². The number of rotatable bonds is 4. The second kappa shape index (κ2) is 5.48. The van der Waals surface area contributed by atoms with Crippen molar-refractivity contribution >= 4 is 0 Å². The van der Waals surface area contributed by atoms with Gasteiger partial charge in [0, 0.05) is 25.8 Å². The van der Waals surface area contributed by atoms with Crippen LogP contribution in [0.3, 0.4) is 0 Å². The van der Waals surface area contributed by atoms with Crippen LogP contribution in [-0.2, 0) is 13.6 Å². The standard InChI is InChI=1S/C14H16N4/c1-11(13-5-3-4-12(8-13)9-15)16-10-14-6-7-17-18(14)2/h3-8,11,16H,10H2,1-2H3. The number of benzene rings is 1. The molecule has 1 atom stereocenters. The fourth-order valence-corrected chi connectivity index (χ4v) is 1.83. The third-order valence-electron chi connectivity index (χ3n) is 3.03. The van der Waals surface area contributed by atoms with E-state index in [0.29, 0.717) is 5.56 Å². The summed E-state index contributed by atoms with van der Waals surface area (Å²) < 4.78 is 1.85. The third kappa shape index (κ3) is 2.76. The summed E-state index contributed by atoms with van der Waals surface area (Å²) in [4.78, 5) is 0. The van der Waals surface area contributed by atoms with Gasteiger partial charge >= 0.3 is 0 Å². The van der Waals surface area contributed by atoms with Gasteiger partial charge in [0.1, 0.15) is 0 Å². The van der Waals surface area contributed by atoms with Crippen LogP contribution in [0.15, 0.2) is 36.5 Å². The van der Waals surface area contributed by atoms with Crippen molar-refractivity contribution in [2.45, 2.75) is 19.5 Å². The van der Waals surface area contributed by atoms with Gasteiger partial charge in [-0.05, 0) is 30.7 Å². The van der Waals surface area contributed by atoms with E-state index >= 15 is 0 Å². The molecule has 0 saturated carbocycles. The molecule has 1 aromatic carbocycles. The summed E-state index contributed by atoms with van der Waals surface area (Å²) in [5.74, 6) is 0. The van der Waals surface area contributed by atoms with Gasteiger partial charge in [-0.1, -0.05) is 12.1 Å². The minimum absolute atomic E-state index is 0.202. The van der Waals surface area contributed by atoms with Crippen LogP contribution < -0.4 is 5.32 Å². The molecule has 0 spiro atoms. The first-order chi connectivity index (χ1) is 8.70. The van der Waals surface area contributed by atoms with Crippen molar-refractivity contribution in [2.24, 2.45) is 7.05 Å². The molecule has 0 amide bonds. The van der Waals surface area contributed by atoms with Crippen LogP contribution in [0, 0.1) is 11.3 Å². The molecule has 4 heteroatoms. The average Bonchev–Trinajstić information content (AvgIpc) is 2.81. The Bertz CT molecular complexity index is 565. The number of aryl methyl sites for hydroxylation is 1. The SMILES string of the molecule is CC(NCc1ccnn1C)c1cccc(C#N)c1. The molecule has 1 N–H and O–H groups in total. The van der Waals surface area contributed by atoms with Crippen molar-refractivity contribution in [1.82, 2.24) is 15.1 Å². The quantitative estimate of drug-likeness (QED) is 0.890. The molecule has 92 valence electrons. The zero-order valence-corrected chi connectivity index (χ0v) is 10.6. The molecule has 2 rings (SSSR count). The number of nitrogens with zero attached hydrogens (tertiary/aromatic N) is 3. The summed E-state index contributed by atoms with van der Waals surface area (Å²) in [6.07, 6.45) is 1.79. The molecule has 0 radical (unpaired) electrons. The molecule has 0 aliphatic carbocycles. The van der Waals surface area contributed by atoms with Crippen molar-refractivity contribution in [3.63, 3.8) is 0 Å². The Balaban J connectivity index is 2.01. The van der Waals surface area contributed by atoms with Gasteiger partial charge in [-0.15, -0.1) is 0 Å². The van der Waals surface area contributed by atoms with Crippen LogP contribution in [-0.4, -0.2) is 9.78 Å². The molecule has 0 aliphatic heterocycles. The number of aromatic nitrogens is 2. The average molecular weight is 240 g/mol. The van der Waals surface area contributed by atoms with Crippen LogP contribution >= 0.6 is 0 Å². The molecule has 0 aliphatic rings. The maximum atomic E-state index is 8.88. The first-order valence-corrected chi connectivity index (χ1v) is 5.91. The van der Waals surface area contributed by atoms with Crippen LogP contribution in [0.5, 0.6) is 0 Å². The summed E-state index contributed by atoms with van der Waals surface area (Å²) in [6.45, 7) is 2.85. The van der Waals surface area contributed by atoms with Gasteiger partial charge in [0.05, 0.1) is 17.3 Å². The number of nitrogens with one attached hydrogen (secondary N) is 1. The topological polar surface area (TPSA) is 53.6 Å². The maximum Gasteiger partial charge on any atom is 0.0991 e. The van der Waals surface area contributed by atoms with Gasteiger partial charge in [-0.2, -0.15) is 10.4 Å². The summed E-state index contributed by atoms with van der Waals surface area (Å²) in [5.41, 5.74) is 2.95. The number of hydrogen-bond donors (Lipinski definition) is 1. The van der Waals surface area contributed by atoms with E-state index in [4.69, 9.17) is 5.26 Å². The molecule has 1 unspecified atom stereocenters. The normalized spacial score (nSPS) is 12.1. The maximum absolute atomic E-state index is 8.88. The highest BCUT2D eigenvalue weighted by Gasteiger charge is 2.06. The van der Waals surface area contributed by atoms with E-state index in [0.717, 1.165) is 17.8 Å². The lowest BCUT2D eigenvalue weighted by atomic mass is 10.1. The van der Waals surface area contributed by atoms with E-state index in [9.17, 15) is 0 Å². The first-order valence-electron chi connectivity index (χ1n) is 5.91. The van der Waals surface area contributed by atoms with Gasteiger partial charge in [-0.25, -0.2) is 0 Å². The molecular weight excluding hydrogens is 224 g/mol. The van der Waals surface area contributed by atoms with E-state index in [1.165, 1.54) is 0 Å². The third-order valence-corrected chi connectivity index (χ3v) is 3.03. The van der Waals surface area contributed by atoms with Gasteiger partial charge in [0.25, 0.3) is 0 Å². The van der Waals surface area contributed by atoms with E-state index in [1.54, 1.807) is 6.20 Å². The lowest BCUT2D eigenvalue weighted by Crippen LogP contribution is -2.19. The lowest BCUT2D eigenvalue weighted by Gasteiger charge is -2.14. The van der Waals surface area contributed by atoms with Crippen LogP contribution in [0.25, 0.3) is 0 Å². The predicted octanol–water partition coefficient (Wildman–Crippen LogP) is 2.14. The van der Waals surface area contributed by atoms with Crippen molar-refractivity contribution in [1.29, 1.82) is 5.26 Å². The molecular formula is C14H16N4.